The molecule has 2 aromatic carbocycles. The van der Waals surface area contributed by atoms with Crippen molar-refractivity contribution >= 4 is 41.5 Å². The van der Waals surface area contributed by atoms with Gasteiger partial charge in [0.1, 0.15) is 5.75 Å². The molecule has 0 aliphatic carbocycles. The Hall–Kier alpha value is -4.05. The molecular weight excluding hydrogens is 415 g/mol. The van der Waals surface area contributed by atoms with Crippen LogP contribution in [0.4, 0.5) is 33.2 Å². The van der Waals surface area contributed by atoms with Gasteiger partial charge in [0, 0.05) is 24.8 Å². The predicted molar refractivity (Wildman–Crippen MR) is 119 cm³/mol. The maximum Gasteiger partial charge on any atom is 0.256 e. The minimum Gasteiger partial charge on any atom is -0.508 e. The van der Waals surface area contributed by atoms with Crippen molar-refractivity contribution < 1.29 is 19.0 Å². The summed E-state index contributed by atoms with van der Waals surface area (Å²) >= 11 is 0. The molecule has 1 aliphatic rings. The zero-order valence-corrected chi connectivity index (χ0v) is 17.1. The van der Waals surface area contributed by atoms with Crippen LogP contribution in [0.5, 0.6) is 5.75 Å². The molecule has 3 N–H and O–H groups in total. The van der Waals surface area contributed by atoms with Gasteiger partial charge in [-0.15, -0.1) is 0 Å². The molecule has 0 atom stereocenters. The molecule has 164 valence electrons. The molecule has 2 heterocycles. The van der Waals surface area contributed by atoms with Crippen LogP contribution >= 0.6 is 0 Å². The van der Waals surface area contributed by atoms with E-state index in [9.17, 15) is 14.3 Å². The molecule has 0 bridgehead atoms. The lowest BCUT2D eigenvalue weighted by Gasteiger charge is -2.27. The predicted octanol–water partition coefficient (Wildman–Crippen LogP) is 3.61. The van der Waals surface area contributed by atoms with E-state index in [2.05, 4.69) is 32.3 Å². The number of halogens is 1. The maximum absolute atomic E-state index is 14.2. The second-order valence-corrected chi connectivity index (χ2v) is 6.95. The average Bonchev–Trinajstić information content (AvgIpc) is 2.81. The molecule has 0 spiro atoms. The third kappa shape index (κ3) is 4.65. The van der Waals surface area contributed by atoms with Crippen LogP contribution in [0, 0.1) is 5.82 Å². The molecule has 9 nitrogen and oxygen atoms in total. The number of hydrogen-bond donors (Lipinski definition) is 3. The molecular formula is C22H21FN6O3. The Bertz CT molecular complexity index is 1150. The first-order valence-corrected chi connectivity index (χ1v) is 9.87. The van der Waals surface area contributed by atoms with Crippen molar-refractivity contribution in [3.63, 3.8) is 0 Å². The van der Waals surface area contributed by atoms with Gasteiger partial charge < -0.3 is 25.4 Å². The van der Waals surface area contributed by atoms with Gasteiger partial charge in [-0.25, -0.2) is 9.37 Å². The number of phenols is 1. The van der Waals surface area contributed by atoms with Crippen LogP contribution in [0.15, 0.2) is 53.7 Å². The fraction of sp³-hybridized carbons (Fsp3) is 0.182. The number of ether oxygens (including phenoxy) is 1. The maximum atomic E-state index is 14.2. The highest BCUT2D eigenvalue weighted by Crippen LogP contribution is 2.32. The number of phenolic OH excluding ortho intramolecular Hbond substituents is 1. The van der Waals surface area contributed by atoms with Crippen LogP contribution in [0.25, 0.3) is 0 Å². The number of morpholine rings is 1. The Kier molecular flexibility index (Phi) is 6.22. The van der Waals surface area contributed by atoms with E-state index in [0.717, 1.165) is 6.20 Å². The number of hydrogen-bond acceptors (Lipinski definition) is 8. The Labute approximate surface area is 183 Å². The molecule has 1 amide bonds. The first-order chi connectivity index (χ1) is 15.5. The summed E-state index contributed by atoms with van der Waals surface area (Å²) in [6, 6.07) is 11.3. The summed E-state index contributed by atoms with van der Waals surface area (Å²) in [4.78, 5) is 26.8. The van der Waals surface area contributed by atoms with Crippen LogP contribution in [-0.2, 0) is 4.74 Å². The third-order valence-corrected chi connectivity index (χ3v) is 4.82. The number of benzene rings is 2. The number of carbonyl (C=O) groups is 1. The highest BCUT2D eigenvalue weighted by atomic mass is 19.1. The van der Waals surface area contributed by atoms with Crippen molar-refractivity contribution in [2.45, 2.75) is 0 Å². The molecule has 0 unspecified atom stereocenters. The van der Waals surface area contributed by atoms with Crippen molar-refractivity contribution in [1.82, 2.24) is 14.9 Å². The molecule has 0 radical (unpaired) electrons. The van der Waals surface area contributed by atoms with Gasteiger partial charge in [-0.05, 0) is 31.0 Å². The van der Waals surface area contributed by atoms with E-state index in [-0.39, 0.29) is 23.4 Å². The van der Waals surface area contributed by atoms with E-state index >= 15 is 0 Å². The number of anilines is 4. The standard InChI is InChI=1S/C22H21FN6O3/c1-24-19-16(21(31)29-8-10-32-11-9-29)6-3-7-18(19)27-22-25-13-17(23)20(28-22)26-14-4-2-5-15(30)12-14/h2-7,12-13,30H,1,8-11H2,(H2,25,26,27,28). The average molecular weight is 436 g/mol. The topological polar surface area (TPSA) is 112 Å². The Balaban J connectivity index is 1.60. The van der Waals surface area contributed by atoms with Gasteiger partial charge >= 0.3 is 0 Å². The molecule has 10 heteroatoms. The lowest BCUT2D eigenvalue weighted by atomic mass is 10.1. The van der Waals surface area contributed by atoms with Crippen molar-refractivity contribution in [2.24, 2.45) is 4.99 Å². The molecule has 1 aromatic heterocycles. The van der Waals surface area contributed by atoms with Crippen molar-refractivity contribution in [1.29, 1.82) is 0 Å². The normalized spacial score (nSPS) is 13.5. The lowest BCUT2D eigenvalue weighted by molar-refractivity contribution is 0.0303. The van der Waals surface area contributed by atoms with E-state index in [4.69, 9.17) is 4.74 Å². The van der Waals surface area contributed by atoms with Gasteiger partial charge in [0.05, 0.1) is 36.3 Å². The van der Waals surface area contributed by atoms with Crippen LogP contribution in [0.2, 0.25) is 0 Å². The zero-order valence-electron chi connectivity index (χ0n) is 17.1. The number of rotatable bonds is 6. The Morgan fingerprint density at radius 3 is 2.72 bits per heavy atom. The lowest BCUT2D eigenvalue weighted by Crippen LogP contribution is -2.40. The molecule has 1 saturated heterocycles. The van der Waals surface area contributed by atoms with Gasteiger partial charge in [0.15, 0.2) is 11.6 Å². The largest absolute Gasteiger partial charge is 0.508 e. The van der Waals surface area contributed by atoms with Crippen molar-refractivity contribution in [3.05, 3.63) is 60.0 Å². The molecule has 3 aromatic rings. The van der Waals surface area contributed by atoms with Gasteiger partial charge in [-0.3, -0.25) is 9.79 Å². The third-order valence-electron chi connectivity index (χ3n) is 4.82. The van der Waals surface area contributed by atoms with E-state index in [0.29, 0.717) is 48.9 Å². The number of nitrogens with zero attached hydrogens (tertiary/aromatic N) is 4. The first kappa shape index (κ1) is 21.2. The summed E-state index contributed by atoms with van der Waals surface area (Å²) in [6.45, 7) is 5.56. The number of aliphatic imine (C=N–C) groups is 1. The van der Waals surface area contributed by atoms with Crippen molar-refractivity contribution in [3.8, 4) is 5.75 Å². The minimum absolute atomic E-state index is 0.0336. The minimum atomic E-state index is -0.669. The summed E-state index contributed by atoms with van der Waals surface area (Å²) in [5.74, 6) is -0.800. The van der Waals surface area contributed by atoms with Gasteiger partial charge in [0.2, 0.25) is 5.95 Å². The van der Waals surface area contributed by atoms with E-state index in [1.54, 1.807) is 35.2 Å². The number of nitrogens with one attached hydrogen (secondary N) is 2. The molecule has 1 aliphatic heterocycles. The van der Waals surface area contributed by atoms with Gasteiger partial charge in [-0.1, -0.05) is 12.1 Å². The second kappa shape index (κ2) is 9.40. The number of aromatic nitrogens is 2. The van der Waals surface area contributed by atoms with E-state index < -0.39 is 5.82 Å². The van der Waals surface area contributed by atoms with Gasteiger partial charge in [-0.2, -0.15) is 4.98 Å². The summed E-state index contributed by atoms with van der Waals surface area (Å²) in [6.07, 6.45) is 1.02. The highest BCUT2D eigenvalue weighted by Gasteiger charge is 2.22. The quantitative estimate of drug-likeness (QED) is 0.506. The van der Waals surface area contributed by atoms with Crippen molar-refractivity contribution in [2.75, 3.05) is 36.9 Å². The van der Waals surface area contributed by atoms with Crippen LogP contribution in [0.1, 0.15) is 10.4 Å². The fourth-order valence-corrected chi connectivity index (χ4v) is 3.28. The van der Waals surface area contributed by atoms with Gasteiger partial charge in [0.25, 0.3) is 5.91 Å². The SMILES string of the molecule is C=Nc1c(Nc2ncc(F)c(Nc3cccc(O)c3)n2)cccc1C(=O)N1CCOCC1. The monoisotopic (exact) mass is 436 g/mol. The van der Waals surface area contributed by atoms with E-state index in [1.165, 1.54) is 12.1 Å². The smallest absolute Gasteiger partial charge is 0.256 e. The summed E-state index contributed by atoms with van der Waals surface area (Å²) in [5.41, 5.74) is 1.64. The first-order valence-electron chi connectivity index (χ1n) is 9.87. The van der Waals surface area contributed by atoms with Crippen LogP contribution in [-0.4, -0.2) is 58.9 Å². The summed E-state index contributed by atoms with van der Waals surface area (Å²) < 4.78 is 19.6. The molecule has 4 rings (SSSR count). The number of para-hydroxylation sites is 1. The summed E-state index contributed by atoms with van der Waals surface area (Å²) in [7, 11) is 0. The Morgan fingerprint density at radius 1 is 1.19 bits per heavy atom. The fourth-order valence-electron chi connectivity index (χ4n) is 3.28. The molecule has 1 fully saturated rings. The van der Waals surface area contributed by atoms with E-state index in [1.807, 2.05) is 0 Å². The zero-order chi connectivity index (χ0) is 22.5. The van der Waals surface area contributed by atoms with Crippen LogP contribution in [0.3, 0.4) is 0 Å². The number of aromatic hydroxyl groups is 1. The van der Waals surface area contributed by atoms with Crippen LogP contribution < -0.4 is 10.6 Å². The second-order valence-electron chi connectivity index (χ2n) is 6.95. The number of amides is 1. The highest BCUT2D eigenvalue weighted by molar-refractivity contribution is 6.02. The summed E-state index contributed by atoms with van der Waals surface area (Å²) in [5, 5.41) is 15.4. The molecule has 32 heavy (non-hydrogen) atoms. The Morgan fingerprint density at radius 2 is 1.97 bits per heavy atom. The molecule has 0 saturated carbocycles. The number of carbonyl (C=O) groups excluding carboxylic acids is 1.